The van der Waals surface area contributed by atoms with E-state index in [1.807, 2.05) is 19.1 Å². The number of fused-ring (bicyclic) bond motifs is 1. The van der Waals surface area contributed by atoms with Crippen LogP contribution in [0.15, 0.2) is 24.4 Å². The summed E-state index contributed by atoms with van der Waals surface area (Å²) in [6.45, 7) is 2.84. The average molecular weight is 285 g/mol. The van der Waals surface area contributed by atoms with E-state index in [1.54, 1.807) is 12.3 Å². The SMILES string of the molecule is Cc1cc2c(NCC3CCCC3)ccc([N+](=O)[O-])c2cn1. The van der Waals surface area contributed by atoms with Gasteiger partial charge in [-0.15, -0.1) is 0 Å². The van der Waals surface area contributed by atoms with Crippen LogP contribution in [0, 0.1) is 23.0 Å². The quantitative estimate of drug-likeness (QED) is 0.679. The Balaban J connectivity index is 1.96. The van der Waals surface area contributed by atoms with Gasteiger partial charge in [-0.3, -0.25) is 15.1 Å². The molecule has 0 radical (unpaired) electrons. The molecule has 0 atom stereocenters. The number of hydrogen-bond acceptors (Lipinski definition) is 4. The summed E-state index contributed by atoms with van der Waals surface area (Å²) in [5, 5.41) is 16.1. The Labute approximate surface area is 123 Å². The van der Waals surface area contributed by atoms with Gasteiger partial charge in [-0.1, -0.05) is 12.8 Å². The van der Waals surface area contributed by atoms with E-state index in [0.717, 1.165) is 29.2 Å². The van der Waals surface area contributed by atoms with Crippen LogP contribution in [0.1, 0.15) is 31.4 Å². The molecule has 1 heterocycles. The fourth-order valence-electron chi connectivity index (χ4n) is 3.11. The molecule has 0 aliphatic heterocycles. The smallest absolute Gasteiger partial charge is 0.278 e. The highest BCUT2D eigenvalue weighted by atomic mass is 16.6. The van der Waals surface area contributed by atoms with Crippen LogP contribution < -0.4 is 5.32 Å². The largest absolute Gasteiger partial charge is 0.384 e. The van der Waals surface area contributed by atoms with Gasteiger partial charge in [-0.05, 0) is 37.8 Å². The van der Waals surface area contributed by atoms with Crippen LogP contribution >= 0.6 is 0 Å². The number of aryl methyl sites for hydroxylation is 1. The maximum Gasteiger partial charge on any atom is 0.278 e. The van der Waals surface area contributed by atoms with Crippen molar-refractivity contribution in [2.75, 3.05) is 11.9 Å². The topological polar surface area (TPSA) is 68.1 Å². The Hall–Kier alpha value is -2.17. The van der Waals surface area contributed by atoms with Gasteiger partial charge >= 0.3 is 0 Å². The number of hydrogen-bond donors (Lipinski definition) is 1. The maximum absolute atomic E-state index is 11.1. The van der Waals surface area contributed by atoms with Gasteiger partial charge < -0.3 is 5.32 Å². The third kappa shape index (κ3) is 2.82. The van der Waals surface area contributed by atoms with E-state index in [-0.39, 0.29) is 10.6 Å². The summed E-state index contributed by atoms with van der Waals surface area (Å²) in [6.07, 6.45) is 6.79. The minimum atomic E-state index is -0.347. The lowest BCUT2D eigenvalue weighted by molar-refractivity contribution is -0.383. The van der Waals surface area contributed by atoms with Crippen molar-refractivity contribution >= 4 is 22.1 Å². The fourth-order valence-corrected chi connectivity index (χ4v) is 3.11. The maximum atomic E-state index is 11.1. The number of aromatic nitrogens is 1. The molecule has 3 rings (SSSR count). The summed E-state index contributed by atoms with van der Waals surface area (Å²) in [5.41, 5.74) is 1.95. The van der Waals surface area contributed by atoms with E-state index in [9.17, 15) is 10.1 Å². The lowest BCUT2D eigenvalue weighted by Crippen LogP contribution is -2.11. The van der Waals surface area contributed by atoms with Crippen LogP contribution in [-0.2, 0) is 0 Å². The summed E-state index contributed by atoms with van der Waals surface area (Å²) in [4.78, 5) is 15.0. The van der Waals surface area contributed by atoms with Crippen LogP contribution in [0.3, 0.4) is 0 Å². The van der Waals surface area contributed by atoms with Gasteiger partial charge in [0.25, 0.3) is 5.69 Å². The van der Waals surface area contributed by atoms with E-state index < -0.39 is 0 Å². The normalized spacial score (nSPS) is 15.5. The summed E-state index contributed by atoms with van der Waals surface area (Å²) >= 11 is 0. The molecule has 1 aliphatic rings. The molecule has 1 aliphatic carbocycles. The highest BCUT2D eigenvalue weighted by Gasteiger charge is 2.17. The van der Waals surface area contributed by atoms with Crippen LogP contribution in [-0.4, -0.2) is 16.5 Å². The first kappa shape index (κ1) is 13.8. The van der Waals surface area contributed by atoms with Gasteiger partial charge in [-0.2, -0.15) is 0 Å². The van der Waals surface area contributed by atoms with Crippen molar-refractivity contribution in [2.24, 2.45) is 5.92 Å². The molecule has 5 nitrogen and oxygen atoms in total. The molecule has 0 amide bonds. The molecule has 1 aromatic carbocycles. The van der Waals surface area contributed by atoms with Gasteiger partial charge in [0, 0.05) is 35.6 Å². The number of non-ortho nitro benzene ring substituents is 1. The van der Waals surface area contributed by atoms with Crippen molar-refractivity contribution in [2.45, 2.75) is 32.6 Å². The van der Waals surface area contributed by atoms with Gasteiger partial charge in [0.15, 0.2) is 0 Å². The molecule has 5 heteroatoms. The summed E-state index contributed by atoms with van der Waals surface area (Å²) in [5.74, 6) is 0.721. The number of nitrogens with zero attached hydrogens (tertiary/aromatic N) is 2. The molecule has 21 heavy (non-hydrogen) atoms. The van der Waals surface area contributed by atoms with E-state index in [1.165, 1.54) is 25.7 Å². The van der Waals surface area contributed by atoms with E-state index in [2.05, 4.69) is 10.3 Å². The number of nitro benzene ring substituents is 1. The molecule has 2 aromatic rings. The monoisotopic (exact) mass is 285 g/mol. The zero-order chi connectivity index (χ0) is 14.8. The lowest BCUT2D eigenvalue weighted by Gasteiger charge is -2.14. The second-order valence-corrected chi connectivity index (χ2v) is 5.79. The summed E-state index contributed by atoms with van der Waals surface area (Å²) in [7, 11) is 0. The standard InChI is InChI=1S/C16H19N3O2/c1-11-8-13-14(10-17-11)16(19(20)21)7-6-15(13)18-9-12-4-2-3-5-12/h6-8,10,12,18H,2-5,9H2,1H3. The van der Waals surface area contributed by atoms with Gasteiger partial charge in [0.1, 0.15) is 0 Å². The van der Waals surface area contributed by atoms with E-state index >= 15 is 0 Å². The highest BCUT2D eigenvalue weighted by molar-refractivity contribution is 5.99. The molecular formula is C16H19N3O2. The van der Waals surface area contributed by atoms with Crippen molar-refractivity contribution in [3.05, 3.63) is 40.2 Å². The number of pyridine rings is 1. The Bertz CT molecular complexity index is 679. The first-order chi connectivity index (χ1) is 10.1. The van der Waals surface area contributed by atoms with Gasteiger partial charge in [0.05, 0.1) is 10.3 Å². The molecule has 0 saturated heterocycles. The Morgan fingerprint density at radius 2 is 2.10 bits per heavy atom. The molecule has 0 bridgehead atoms. The predicted octanol–water partition coefficient (Wildman–Crippen LogP) is 4.05. The molecule has 1 aromatic heterocycles. The molecule has 1 saturated carbocycles. The number of benzene rings is 1. The van der Waals surface area contributed by atoms with E-state index in [0.29, 0.717) is 5.39 Å². The second kappa shape index (κ2) is 5.68. The number of nitrogens with one attached hydrogen (secondary N) is 1. The Kier molecular flexibility index (Phi) is 3.73. The third-order valence-electron chi connectivity index (χ3n) is 4.27. The number of anilines is 1. The minimum absolute atomic E-state index is 0.115. The molecule has 0 spiro atoms. The minimum Gasteiger partial charge on any atom is -0.384 e. The average Bonchev–Trinajstić information content (AvgIpc) is 2.97. The molecular weight excluding hydrogens is 266 g/mol. The number of nitro groups is 1. The number of rotatable bonds is 4. The summed E-state index contributed by atoms with van der Waals surface area (Å²) < 4.78 is 0. The first-order valence-electron chi connectivity index (χ1n) is 7.43. The lowest BCUT2D eigenvalue weighted by atomic mass is 10.1. The van der Waals surface area contributed by atoms with Gasteiger partial charge in [0.2, 0.25) is 0 Å². The van der Waals surface area contributed by atoms with Crippen LogP contribution in [0.2, 0.25) is 0 Å². The summed E-state index contributed by atoms with van der Waals surface area (Å²) in [6, 6.07) is 5.30. The fraction of sp³-hybridized carbons (Fsp3) is 0.438. The third-order valence-corrected chi connectivity index (χ3v) is 4.27. The van der Waals surface area contributed by atoms with Crippen LogP contribution in [0.5, 0.6) is 0 Å². The highest BCUT2D eigenvalue weighted by Crippen LogP contribution is 2.32. The van der Waals surface area contributed by atoms with Crippen molar-refractivity contribution in [3.8, 4) is 0 Å². The zero-order valence-corrected chi connectivity index (χ0v) is 12.1. The molecule has 1 fully saturated rings. The van der Waals surface area contributed by atoms with Gasteiger partial charge in [-0.25, -0.2) is 0 Å². The molecule has 0 unspecified atom stereocenters. The van der Waals surface area contributed by atoms with Crippen molar-refractivity contribution in [1.29, 1.82) is 0 Å². The predicted molar refractivity (Wildman–Crippen MR) is 83.6 cm³/mol. The second-order valence-electron chi connectivity index (χ2n) is 5.79. The van der Waals surface area contributed by atoms with Crippen LogP contribution in [0.25, 0.3) is 10.8 Å². The van der Waals surface area contributed by atoms with E-state index in [4.69, 9.17) is 0 Å². The zero-order valence-electron chi connectivity index (χ0n) is 12.1. The molecule has 1 N–H and O–H groups in total. The van der Waals surface area contributed by atoms with Crippen LogP contribution in [0.4, 0.5) is 11.4 Å². The first-order valence-corrected chi connectivity index (χ1v) is 7.43. The van der Waals surface area contributed by atoms with Crippen molar-refractivity contribution in [3.63, 3.8) is 0 Å². The Morgan fingerprint density at radius 1 is 1.33 bits per heavy atom. The Morgan fingerprint density at radius 3 is 2.81 bits per heavy atom. The molecule has 110 valence electrons. The van der Waals surface area contributed by atoms with Crippen molar-refractivity contribution in [1.82, 2.24) is 4.98 Å². The van der Waals surface area contributed by atoms with Crippen molar-refractivity contribution < 1.29 is 4.92 Å².